The number of hydrogen-bond acceptors (Lipinski definition) is 4. The number of nitrogens with one attached hydrogen (secondary N) is 2. The Kier molecular flexibility index (Phi) is 6.55. The minimum Gasteiger partial charge on any atom is -0.347 e. The lowest BCUT2D eigenvalue weighted by atomic mass is 10.1. The van der Waals surface area contributed by atoms with E-state index in [4.69, 9.17) is 0 Å². The number of rotatable bonds is 6. The summed E-state index contributed by atoms with van der Waals surface area (Å²) >= 11 is 1.62. The van der Waals surface area contributed by atoms with Gasteiger partial charge in [0, 0.05) is 23.4 Å². The minimum absolute atomic E-state index is 0.225. The van der Waals surface area contributed by atoms with Crippen molar-refractivity contribution in [2.45, 2.75) is 26.3 Å². The van der Waals surface area contributed by atoms with Gasteiger partial charge in [-0.05, 0) is 19.4 Å². The van der Waals surface area contributed by atoms with E-state index in [-0.39, 0.29) is 6.04 Å². The van der Waals surface area contributed by atoms with Gasteiger partial charge >= 0.3 is 11.8 Å². The van der Waals surface area contributed by atoms with E-state index < -0.39 is 11.8 Å². The number of nitrogens with zero attached hydrogens (tertiary/aromatic N) is 1. The molecule has 2 N–H and O–H groups in total. The number of aromatic nitrogens is 1. The normalized spacial score (nSPS) is 11.6. The van der Waals surface area contributed by atoms with E-state index in [0.717, 1.165) is 26.7 Å². The molecule has 1 aromatic heterocycles. The van der Waals surface area contributed by atoms with Crippen LogP contribution in [0, 0.1) is 6.92 Å². The van der Waals surface area contributed by atoms with Gasteiger partial charge in [0.05, 0.1) is 11.7 Å². The second kappa shape index (κ2) is 9.28. The Morgan fingerprint density at radius 2 is 1.64 bits per heavy atom. The maximum atomic E-state index is 12.1. The number of hydrogen-bond donors (Lipinski definition) is 2. The van der Waals surface area contributed by atoms with Gasteiger partial charge in [0.25, 0.3) is 0 Å². The van der Waals surface area contributed by atoms with Gasteiger partial charge < -0.3 is 10.6 Å². The Labute approximate surface area is 168 Å². The SMILES string of the molecule is Cc1nc(-c2ccccc2)sc1CCNC(=O)C(=O)N[C@H](C)c1ccccc1. The van der Waals surface area contributed by atoms with Crippen molar-refractivity contribution in [3.05, 3.63) is 76.8 Å². The molecule has 0 aliphatic rings. The highest BCUT2D eigenvalue weighted by Crippen LogP contribution is 2.27. The number of aryl methyl sites for hydroxylation is 1. The molecule has 28 heavy (non-hydrogen) atoms. The molecule has 5 nitrogen and oxygen atoms in total. The Hall–Kier alpha value is -2.99. The first kappa shape index (κ1) is 19.8. The summed E-state index contributed by atoms with van der Waals surface area (Å²) in [4.78, 5) is 29.9. The van der Waals surface area contributed by atoms with E-state index in [0.29, 0.717) is 13.0 Å². The molecule has 0 spiro atoms. The number of benzene rings is 2. The van der Waals surface area contributed by atoms with Crippen LogP contribution in [0.25, 0.3) is 10.6 Å². The molecule has 0 saturated carbocycles. The Morgan fingerprint density at radius 3 is 2.32 bits per heavy atom. The Bertz CT molecular complexity index is 939. The fraction of sp³-hybridized carbons (Fsp3) is 0.227. The van der Waals surface area contributed by atoms with Crippen molar-refractivity contribution in [1.82, 2.24) is 15.6 Å². The molecule has 0 aliphatic carbocycles. The topological polar surface area (TPSA) is 71.1 Å². The second-order valence-corrected chi connectivity index (χ2v) is 7.59. The third-order valence-corrected chi connectivity index (χ3v) is 5.67. The molecule has 2 amide bonds. The zero-order valence-electron chi connectivity index (χ0n) is 15.9. The molecule has 3 rings (SSSR count). The quantitative estimate of drug-likeness (QED) is 0.628. The minimum atomic E-state index is -0.623. The van der Waals surface area contributed by atoms with Crippen LogP contribution in [0.2, 0.25) is 0 Å². The summed E-state index contributed by atoms with van der Waals surface area (Å²) in [5.74, 6) is -1.24. The Balaban J connectivity index is 1.50. The smallest absolute Gasteiger partial charge is 0.309 e. The second-order valence-electron chi connectivity index (χ2n) is 6.51. The summed E-state index contributed by atoms with van der Waals surface area (Å²) in [7, 11) is 0. The van der Waals surface area contributed by atoms with Gasteiger partial charge in [-0.2, -0.15) is 0 Å². The van der Waals surface area contributed by atoms with Crippen molar-refractivity contribution in [2.75, 3.05) is 6.54 Å². The van der Waals surface area contributed by atoms with Crippen LogP contribution in [-0.4, -0.2) is 23.3 Å². The number of thiazole rings is 1. The van der Waals surface area contributed by atoms with Crippen LogP contribution in [0.5, 0.6) is 0 Å². The average Bonchev–Trinajstić information content (AvgIpc) is 3.09. The van der Waals surface area contributed by atoms with Crippen LogP contribution in [0.1, 0.15) is 29.1 Å². The first-order chi connectivity index (χ1) is 13.5. The van der Waals surface area contributed by atoms with E-state index in [1.807, 2.05) is 74.5 Å². The molecule has 1 heterocycles. The number of amides is 2. The van der Waals surface area contributed by atoms with Gasteiger partial charge in [-0.3, -0.25) is 9.59 Å². The summed E-state index contributed by atoms with van der Waals surface area (Å²) in [5.41, 5.74) is 3.00. The summed E-state index contributed by atoms with van der Waals surface area (Å²) in [6.07, 6.45) is 0.642. The van der Waals surface area contributed by atoms with Crippen LogP contribution in [0.4, 0.5) is 0 Å². The molecule has 0 saturated heterocycles. The average molecular weight is 394 g/mol. The monoisotopic (exact) mass is 393 g/mol. The summed E-state index contributed by atoms with van der Waals surface area (Å²) in [6.45, 7) is 4.21. The molecule has 144 valence electrons. The highest BCUT2D eigenvalue weighted by atomic mass is 32.1. The van der Waals surface area contributed by atoms with Gasteiger partial charge in [-0.25, -0.2) is 4.98 Å². The lowest BCUT2D eigenvalue weighted by molar-refractivity contribution is -0.139. The van der Waals surface area contributed by atoms with Crippen LogP contribution in [0.15, 0.2) is 60.7 Å². The molecule has 0 radical (unpaired) electrons. The van der Waals surface area contributed by atoms with Crippen molar-refractivity contribution in [3.63, 3.8) is 0 Å². The molecule has 1 atom stereocenters. The van der Waals surface area contributed by atoms with E-state index in [2.05, 4.69) is 15.6 Å². The van der Waals surface area contributed by atoms with Crippen LogP contribution in [-0.2, 0) is 16.0 Å². The zero-order valence-corrected chi connectivity index (χ0v) is 16.8. The summed E-state index contributed by atoms with van der Waals surface area (Å²) in [6, 6.07) is 19.3. The van der Waals surface area contributed by atoms with E-state index in [1.165, 1.54) is 0 Å². The van der Waals surface area contributed by atoms with Gasteiger partial charge in [0.15, 0.2) is 0 Å². The molecular formula is C22H23N3O2S. The largest absolute Gasteiger partial charge is 0.347 e. The maximum Gasteiger partial charge on any atom is 0.309 e. The molecule has 6 heteroatoms. The van der Waals surface area contributed by atoms with Crippen molar-refractivity contribution in [2.24, 2.45) is 0 Å². The zero-order chi connectivity index (χ0) is 19.9. The molecule has 0 bridgehead atoms. The molecule has 0 aliphatic heterocycles. The van der Waals surface area contributed by atoms with Gasteiger partial charge in [-0.1, -0.05) is 60.7 Å². The van der Waals surface area contributed by atoms with Crippen LogP contribution in [0.3, 0.4) is 0 Å². The summed E-state index contributed by atoms with van der Waals surface area (Å²) in [5, 5.41) is 6.38. The third-order valence-electron chi connectivity index (χ3n) is 4.40. The van der Waals surface area contributed by atoms with Crippen LogP contribution < -0.4 is 10.6 Å². The first-order valence-electron chi connectivity index (χ1n) is 9.20. The van der Waals surface area contributed by atoms with E-state index >= 15 is 0 Å². The van der Waals surface area contributed by atoms with E-state index in [1.54, 1.807) is 11.3 Å². The van der Waals surface area contributed by atoms with Gasteiger partial charge in [0.1, 0.15) is 5.01 Å². The first-order valence-corrected chi connectivity index (χ1v) is 10.0. The Morgan fingerprint density at radius 1 is 1.00 bits per heavy atom. The third kappa shape index (κ3) is 5.04. The molecule has 0 unspecified atom stereocenters. The van der Waals surface area contributed by atoms with E-state index in [9.17, 15) is 9.59 Å². The van der Waals surface area contributed by atoms with Crippen molar-refractivity contribution in [3.8, 4) is 10.6 Å². The van der Waals surface area contributed by atoms with Crippen molar-refractivity contribution in [1.29, 1.82) is 0 Å². The van der Waals surface area contributed by atoms with Gasteiger partial charge in [0.2, 0.25) is 0 Å². The van der Waals surface area contributed by atoms with Crippen molar-refractivity contribution >= 4 is 23.2 Å². The number of carbonyl (C=O) groups excluding carboxylic acids is 2. The molecule has 0 fully saturated rings. The summed E-state index contributed by atoms with van der Waals surface area (Å²) < 4.78 is 0. The molecule has 3 aromatic rings. The fourth-order valence-electron chi connectivity index (χ4n) is 2.82. The highest BCUT2D eigenvalue weighted by Gasteiger charge is 2.17. The van der Waals surface area contributed by atoms with Gasteiger partial charge in [-0.15, -0.1) is 11.3 Å². The standard InChI is InChI=1S/C22H23N3O2S/c1-15(17-9-5-3-6-10-17)24-21(27)20(26)23-14-13-19-16(2)25-22(28-19)18-11-7-4-8-12-18/h3-12,15H,13-14H2,1-2H3,(H,23,26)(H,24,27)/t15-/m1/s1. The molecule has 2 aromatic carbocycles. The number of carbonyl (C=O) groups is 2. The lowest BCUT2D eigenvalue weighted by Gasteiger charge is -2.13. The highest BCUT2D eigenvalue weighted by molar-refractivity contribution is 7.15. The van der Waals surface area contributed by atoms with Crippen molar-refractivity contribution < 1.29 is 9.59 Å². The predicted molar refractivity (Wildman–Crippen MR) is 112 cm³/mol. The predicted octanol–water partition coefficient (Wildman–Crippen LogP) is 3.65. The maximum absolute atomic E-state index is 12.1. The molecular weight excluding hydrogens is 370 g/mol. The van der Waals surface area contributed by atoms with Crippen LogP contribution >= 0.6 is 11.3 Å². The lowest BCUT2D eigenvalue weighted by Crippen LogP contribution is -2.41. The fourth-order valence-corrected chi connectivity index (χ4v) is 3.89.